The number of carbonyl (C=O) groups excluding carboxylic acids is 1. The highest BCUT2D eigenvalue weighted by Gasteiger charge is 2.14. The van der Waals surface area contributed by atoms with E-state index in [1.165, 1.54) is 0 Å². The summed E-state index contributed by atoms with van der Waals surface area (Å²) in [4.78, 5) is 16.1. The molecule has 0 fully saturated rings. The molecule has 98 valence electrons. The number of ether oxygens (including phenoxy) is 1. The summed E-state index contributed by atoms with van der Waals surface area (Å²) >= 11 is 0. The van der Waals surface area contributed by atoms with E-state index in [2.05, 4.69) is 16.9 Å². The van der Waals surface area contributed by atoms with E-state index in [9.17, 15) is 4.79 Å². The molecule has 0 bridgehead atoms. The molecule has 2 rings (SSSR count). The third kappa shape index (κ3) is 3.17. The van der Waals surface area contributed by atoms with Crippen LogP contribution in [-0.4, -0.2) is 23.6 Å². The van der Waals surface area contributed by atoms with Crippen molar-refractivity contribution >= 4 is 22.4 Å². The minimum absolute atomic E-state index is 0.194. The summed E-state index contributed by atoms with van der Waals surface area (Å²) in [5, 5.41) is 4.78. The SMILES string of the molecule is C=CCO[C@H](C)C(=O)Nc1cncc2ccccc12. The van der Waals surface area contributed by atoms with Crippen molar-refractivity contribution in [3.63, 3.8) is 0 Å². The molecular formula is C15H16N2O2. The Bertz CT molecular complexity index is 590. The minimum atomic E-state index is -0.531. The van der Waals surface area contributed by atoms with Crippen LogP contribution in [0.2, 0.25) is 0 Å². The number of carbonyl (C=O) groups is 1. The van der Waals surface area contributed by atoms with Crippen LogP contribution in [0.5, 0.6) is 0 Å². The molecule has 0 aliphatic rings. The molecule has 4 nitrogen and oxygen atoms in total. The topological polar surface area (TPSA) is 51.2 Å². The molecular weight excluding hydrogens is 240 g/mol. The van der Waals surface area contributed by atoms with Gasteiger partial charge in [-0.1, -0.05) is 30.3 Å². The van der Waals surface area contributed by atoms with E-state index in [-0.39, 0.29) is 5.91 Å². The average molecular weight is 256 g/mol. The van der Waals surface area contributed by atoms with Crippen LogP contribution in [0.25, 0.3) is 10.8 Å². The van der Waals surface area contributed by atoms with Crippen molar-refractivity contribution in [3.05, 3.63) is 49.3 Å². The number of amides is 1. The Hall–Kier alpha value is -2.20. The lowest BCUT2D eigenvalue weighted by Gasteiger charge is -2.13. The number of pyridine rings is 1. The largest absolute Gasteiger partial charge is 0.365 e. The zero-order valence-corrected chi connectivity index (χ0v) is 10.8. The molecule has 0 aliphatic heterocycles. The highest BCUT2D eigenvalue weighted by molar-refractivity contribution is 6.02. The first kappa shape index (κ1) is 13.2. The lowest BCUT2D eigenvalue weighted by molar-refractivity contribution is -0.125. The summed E-state index contributed by atoms with van der Waals surface area (Å²) in [6, 6.07) is 7.76. The summed E-state index contributed by atoms with van der Waals surface area (Å²) in [5.41, 5.74) is 0.692. The molecule has 1 amide bonds. The second-order valence-corrected chi connectivity index (χ2v) is 4.16. The van der Waals surface area contributed by atoms with Crippen LogP contribution in [0.1, 0.15) is 6.92 Å². The first-order chi connectivity index (χ1) is 9.22. The number of hydrogen-bond acceptors (Lipinski definition) is 3. The number of benzene rings is 1. The highest BCUT2D eigenvalue weighted by Crippen LogP contribution is 2.21. The van der Waals surface area contributed by atoms with Gasteiger partial charge in [-0.15, -0.1) is 6.58 Å². The van der Waals surface area contributed by atoms with Gasteiger partial charge in [-0.2, -0.15) is 0 Å². The first-order valence-electron chi connectivity index (χ1n) is 6.08. The Morgan fingerprint density at radius 2 is 2.26 bits per heavy atom. The normalized spacial score (nSPS) is 12.1. The maximum atomic E-state index is 12.0. The molecule has 1 heterocycles. The molecule has 1 aromatic heterocycles. The van der Waals surface area contributed by atoms with Gasteiger partial charge < -0.3 is 10.1 Å². The number of nitrogens with one attached hydrogen (secondary N) is 1. The molecule has 0 saturated heterocycles. The van der Waals surface area contributed by atoms with E-state index in [0.29, 0.717) is 12.3 Å². The summed E-state index contributed by atoms with van der Waals surface area (Å²) in [5.74, 6) is -0.194. The van der Waals surface area contributed by atoms with Crippen LogP contribution < -0.4 is 5.32 Å². The van der Waals surface area contributed by atoms with Gasteiger partial charge in [-0.25, -0.2) is 0 Å². The number of hydrogen-bond donors (Lipinski definition) is 1. The number of fused-ring (bicyclic) bond motifs is 1. The average Bonchev–Trinajstić information content (AvgIpc) is 2.45. The van der Waals surface area contributed by atoms with Crippen LogP contribution in [0, 0.1) is 0 Å². The van der Waals surface area contributed by atoms with Gasteiger partial charge in [0, 0.05) is 17.0 Å². The standard InChI is InChI=1S/C15H16N2O2/c1-3-8-19-11(2)15(18)17-14-10-16-9-12-6-4-5-7-13(12)14/h3-7,9-11H,1,8H2,2H3,(H,17,18)/t11-/m1/s1. The molecule has 1 N–H and O–H groups in total. The van der Waals surface area contributed by atoms with E-state index in [0.717, 1.165) is 10.8 Å². The van der Waals surface area contributed by atoms with Gasteiger partial charge in [-0.05, 0) is 6.92 Å². The van der Waals surface area contributed by atoms with E-state index in [4.69, 9.17) is 4.74 Å². The molecule has 0 saturated carbocycles. The number of nitrogens with zero attached hydrogens (tertiary/aromatic N) is 1. The Kier molecular flexibility index (Phi) is 4.26. The number of rotatable bonds is 5. The number of anilines is 1. The zero-order valence-electron chi connectivity index (χ0n) is 10.8. The van der Waals surface area contributed by atoms with Crippen LogP contribution in [0.4, 0.5) is 5.69 Å². The van der Waals surface area contributed by atoms with Crippen LogP contribution in [0.15, 0.2) is 49.3 Å². The molecule has 19 heavy (non-hydrogen) atoms. The van der Waals surface area contributed by atoms with Crippen molar-refractivity contribution < 1.29 is 9.53 Å². The summed E-state index contributed by atoms with van der Waals surface area (Å²) in [6.45, 7) is 5.61. The van der Waals surface area contributed by atoms with E-state index >= 15 is 0 Å². The van der Waals surface area contributed by atoms with E-state index in [1.54, 1.807) is 25.4 Å². The highest BCUT2D eigenvalue weighted by atomic mass is 16.5. The Morgan fingerprint density at radius 3 is 3.05 bits per heavy atom. The number of aromatic nitrogens is 1. The van der Waals surface area contributed by atoms with Crippen LogP contribution >= 0.6 is 0 Å². The maximum Gasteiger partial charge on any atom is 0.253 e. The monoisotopic (exact) mass is 256 g/mol. The third-order valence-electron chi connectivity index (χ3n) is 2.76. The molecule has 0 unspecified atom stereocenters. The first-order valence-corrected chi connectivity index (χ1v) is 6.08. The zero-order chi connectivity index (χ0) is 13.7. The van der Waals surface area contributed by atoms with Crippen molar-refractivity contribution in [2.45, 2.75) is 13.0 Å². The third-order valence-corrected chi connectivity index (χ3v) is 2.76. The Labute approximate surface area is 112 Å². The van der Waals surface area contributed by atoms with Gasteiger partial charge >= 0.3 is 0 Å². The summed E-state index contributed by atoms with van der Waals surface area (Å²) in [6.07, 6.45) is 4.49. The van der Waals surface area contributed by atoms with Gasteiger partial charge in [0.25, 0.3) is 5.91 Å². The Balaban J connectivity index is 2.17. The lowest BCUT2D eigenvalue weighted by Crippen LogP contribution is -2.27. The van der Waals surface area contributed by atoms with Gasteiger partial charge in [0.1, 0.15) is 6.10 Å². The molecule has 0 aliphatic carbocycles. The molecule has 2 aromatic rings. The molecule has 4 heteroatoms. The predicted octanol–water partition coefficient (Wildman–Crippen LogP) is 2.76. The minimum Gasteiger partial charge on any atom is -0.365 e. The summed E-state index contributed by atoms with van der Waals surface area (Å²) in [7, 11) is 0. The van der Waals surface area contributed by atoms with Crippen LogP contribution in [-0.2, 0) is 9.53 Å². The molecule has 1 atom stereocenters. The smallest absolute Gasteiger partial charge is 0.253 e. The molecule has 0 radical (unpaired) electrons. The second kappa shape index (κ2) is 6.11. The van der Waals surface area contributed by atoms with Crippen LogP contribution in [0.3, 0.4) is 0 Å². The predicted molar refractivity (Wildman–Crippen MR) is 76.0 cm³/mol. The van der Waals surface area contributed by atoms with Crippen molar-refractivity contribution in [2.24, 2.45) is 0 Å². The fourth-order valence-electron chi connectivity index (χ4n) is 1.74. The van der Waals surface area contributed by atoms with Gasteiger partial charge in [0.15, 0.2) is 0 Å². The van der Waals surface area contributed by atoms with Gasteiger partial charge in [0.05, 0.1) is 18.5 Å². The maximum absolute atomic E-state index is 12.0. The summed E-state index contributed by atoms with van der Waals surface area (Å²) < 4.78 is 5.29. The van der Waals surface area contributed by atoms with Gasteiger partial charge in [0.2, 0.25) is 0 Å². The van der Waals surface area contributed by atoms with E-state index in [1.807, 2.05) is 24.3 Å². The lowest BCUT2D eigenvalue weighted by atomic mass is 10.1. The van der Waals surface area contributed by atoms with Crippen molar-refractivity contribution in [1.82, 2.24) is 4.98 Å². The van der Waals surface area contributed by atoms with Crippen molar-refractivity contribution in [3.8, 4) is 0 Å². The van der Waals surface area contributed by atoms with E-state index < -0.39 is 6.10 Å². The van der Waals surface area contributed by atoms with Gasteiger partial charge in [-0.3, -0.25) is 9.78 Å². The molecule has 0 spiro atoms. The van der Waals surface area contributed by atoms with Crippen molar-refractivity contribution in [1.29, 1.82) is 0 Å². The Morgan fingerprint density at radius 1 is 1.47 bits per heavy atom. The second-order valence-electron chi connectivity index (χ2n) is 4.16. The fraction of sp³-hybridized carbons (Fsp3) is 0.200. The quantitative estimate of drug-likeness (QED) is 0.837. The van der Waals surface area contributed by atoms with Crippen molar-refractivity contribution in [2.75, 3.05) is 11.9 Å². The fourth-order valence-corrected chi connectivity index (χ4v) is 1.74. The molecule has 1 aromatic carbocycles.